The zero-order valence-corrected chi connectivity index (χ0v) is 18.2. The Bertz CT molecular complexity index is 1090. The van der Waals surface area contributed by atoms with E-state index in [-0.39, 0.29) is 0 Å². The third-order valence-corrected chi connectivity index (χ3v) is 5.62. The molecule has 29 heavy (non-hydrogen) atoms. The van der Waals surface area contributed by atoms with Crippen molar-refractivity contribution in [1.29, 1.82) is 0 Å². The Balaban J connectivity index is 1.41. The summed E-state index contributed by atoms with van der Waals surface area (Å²) in [4.78, 5) is 24.6. The van der Waals surface area contributed by atoms with Gasteiger partial charge in [0, 0.05) is 14.5 Å². The molecule has 0 radical (unpaired) electrons. The van der Waals surface area contributed by atoms with Crippen molar-refractivity contribution in [2.75, 3.05) is 0 Å². The van der Waals surface area contributed by atoms with Crippen molar-refractivity contribution in [3.8, 4) is 5.75 Å². The summed E-state index contributed by atoms with van der Waals surface area (Å²) in [7, 11) is 0. The second kappa shape index (κ2) is 8.31. The van der Waals surface area contributed by atoms with Crippen LogP contribution in [0.3, 0.4) is 0 Å². The third-order valence-electron chi connectivity index (χ3n) is 4.38. The first-order valence-corrected chi connectivity index (χ1v) is 10.3. The van der Waals surface area contributed by atoms with Gasteiger partial charge in [0.2, 0.25) is 0 Å². The van der Waals surface area contributed by atoms with Crippen LogP contribution in [-0.2, 0) is 6.61 Å². The van der Waals surface area contributed by atoms with Crippen LogP contribution in [0, 0.1) is 0 Å². The monoisotopic (exact) mass is 512 g/mol. The molecule has 1 aliphatic heterocycles. The van der Waals surface area contributed by atoms with Crippen molar-refractivity contribution < 1.29 is 14.3 Å². The van der Waals surface area contributed by atoms with E-state index in [0.717, 1.165) is 25.1 Å². The lowest BCUT2D eigenvalue weighted by Gasteiger charge is -2.09. The fraction of sp³-hybridized carbons (Fsp3) is 0.0455. The summed E-state index contributed by atoms with van der Waals surface area (Å²) in [5.74, 6) is -0.124. The van der Waals surface area contributed by atoms with Gasteiger partial charge in [-0.25, -0.2) is 0 Å². The maximum atomic E-state index is 12.3. The molecule has 2 amide bonds. The molecule has 0 fully saturated rings. The summed E-state index contributed by atoms with van der Waals surface area (Å²) >= 11 is 6.94. The van der Waals surface area contributed by atoms with Gasteiger partial charge in [-0.3, -0.25) is 9.59 Å². The fourth-order valence-corrected chi connectivity index (χ4v) is 4.02. The van der Waals surface area contributed by atoms with E-state index in [2.05, 4.69) is 37.0 Å². The number of carbonyl (C=O) groups excluding carboxylic acids is 2. The van der Waals surface area contributed by atoms with Crippen molar-refractivity contribution in [3.05, 3.63) is 97.9 Å². The van der Waals surface area contributed by atoms with Crippen molar-refractivity contribution in [2.24, 2.45) is 5.10 Å². The molecule has 7 heteroatoms. The van der Waals surface area contributed by atoms with Crippen LogP contribution in [-0.4, -0.2) is 23.0 Å². The van der Waals surface area contributed by atoms with E-state index in [1.54, 1.807) is 24.3 Å². The highest BCUT2D eigenvalue weighted by Crippen LogP contribution is 2.24. The Morgan fingerprint density at radius 3 is 2.17 bits per heavy atom. The number of fused-ring (bicyclic) bond motifs is 1. The van der Waals surface area contributed by atoms with Crippen molar-refractivity contribution >= 4 is 49.9 Å². The van der Waals surface area contributed by atoms with Crippen molar-refractivity contribution in [1.82, 2.24) is 5.01 Å². The van der Waals surface area contributed by atoms with Crippen LogP contribution in [0.5, 0.6) is 5.75 Å². The molecule has 144 valence electrons. The van der Waals surface area contributed by atoms with Crippen LogP contribution in [0.15, 0.2) is 80.8 Å². The first-order valence-electron chi connectivity index (χ1n) is 8.71. The molecular formula is C22H14Br2N2O3. The molecule has 0 spiro atoms. The summed E-state index contributed by atoms with van der Waals surface area (Å²) in [5, 5.41) is 4.96. The Labute approximate surface area is 184 Å². The third kappa shape index (κ3) is 4.16. The number of hydrogen-bond acceptors (Lipinski definition) is 4. The molecule has 4 rings (SSSR count). The second-order valence-electron chi connectivity index (χ2n) is 6.31. The van der Waals surface area contributed by atoms with E-state index in [1.807, 2.05) is 42.5 Å². The molecule has 0 atom stereocenters. The smallest absolute Gasteiger partial charge is 0.282 e. The molecule has 0 N–H and O–H groups in total. The Hall–Kier alpha value is -2.77. The van der Waals surface area contributed by atoms with E-state index in [1.165, 1.54) is 6.21 Å². The molecule has 5 nitrogen and oxygen atoms in total. The van der Waals surface area contributed by atoms with Gasteiger partial charge in [-0.1, -0.05) is 50.1 Å². The highest BCUT2D eigenvalue weighted by atomic mass is 79.9. The van der Waals surface area contributed by atoms with E-state index in [0.29, 0.717) is 23.5 Å². The first kappa shape index (κ1) is 19.5. The molecule has 0 aliphatic carbocycles. The Kier molecular flexibility index (Phi) is 5.60. The normalized spacial score (nSPS) is 13.2. The summed E-state index contributed by atoms with van der Waals surface area (Å²) < 4.78 is 7.78. The maximum Gasteiger partial charge on any atom is 0.282 e. The average molecular weight is 514 g/mol. The van der Waals surface area contributed by atoms with E-state index >= 15 is 0 Å². The van der Waals surface area contributed by atoms with Crippen LogP contribution >= 0.6 is 31.9 Å². The van der Waals surface area contributed by atoms with Gasteiger partial charge in [-0.15, -0.1) is 0 Å². The Morgan fingerprint density at radius 2 is 1.55 bits per heavy atom. The number of nitrogens with zero attached hydrogens (tertiary/aromatic N) is 2. The average Bonchev–Trinajstić information content (AvgIpc) is 2.97. The standard InChI is InChI=1S/C22H14Br2N2O3/c23-16-8-7-15(20(24)11-16)13-29-17-9-5-14(6-10-17)12-25-26-21(27)18-3-1-2-4-19(18)22(26)28/h1-12H,13H2/b25-12-. The van der Waals surface area contributed by atoms with Gasteiger partial charge < -0.3 is 4.74 Å². The second-order valence-corrected chi connectivity index (χ2v) is 8.08. The molecule has 3 aromatic rings. The van der Waals surface area contributed by atoms with Crippen LogP contribution in [0.2, 0.25) is 0 Å². The summed E-state index contributed by atoms with van der Waals surface area (Å²) in [6.07, 6.45) is 1.48. The lowest BCUT2D eigenvalue weighted by atomic mass is 10.1. The van der Waals surface area contributed by atoms with E-state index in [4.69, 9.17) is 4.74 Å². The highest BCUT2D eigenvalue weighted by molar-refractivity contribution is 9.11. The van der Waals surface area contributed by atoms with Gasteiger partial charge >= 0.3 is 0 Å². The minimum absolute atomic E-state index is 0.373. The minimum atomic E-state index is -0.415. The number of imide groups is 1. The lowest BCUT2D eigenvalue weighted by molar-refractivity contribution is 0.0660. The molecule has 0 saturated carbocycles. The van der Waals surface area contributed by atoms with Gasteiger partial charge in [0.1, 0.15) is 12.4 Å². The van der Waals surface area contributed by atoms with Crippen LogP contribution in [0.4, 0.5) is 0 Å². The number of hydrogen-bond donors (Lipinski definition) is 0. The van der Waals surface area contributed by atoms with Gasteiger partial charge in [0.05, 0.1) is 17.3 Å². The number of carbonyl (C=O) groups is 2. The van der Waals surface area contributed by atoms with Crippen molar-refractivity contribution in [2.45, 2.75) is 6.61 Å². The predicted molar refractivity (Wildman–Crippen MR) is 117 cm³/mol. The molecule has 0 aromatic heterocycles. The zero-order valence-electron chi connectivity index (χ0n) is 15.0. The topological polar surface area (TPSA) is 59.0 Å². The van der Waals surface area contributed by atoms with E-state index in [9.17, 15) is 9.59 Å². The summed E-state index contributed by atoms with van der Waals surface area (Å²) in [6, 6.07) is 19.9. The quantitative estimate of drug-likeness (QED) is 0.338. The predicted octanol–water partition coefficient (Wildman–Crippen LogP) is 5.42. The number of benzene rings is 3. The number of ether oxygens (including phenoxy) is 1. The molecule has 1 heterocycles. The SMILES string of the molecule is O=C1c2ccccc2C(=O)N1/N=C\c1ccc(OCc2ccc(Br)cc2Br)cc1. The highest BCUT2D eigenvalue weighted by Gasteiger charge is 2.35. The first-order chi connectivity index (χ1) is 14.0. The maximum absolute atomic E-state index is 12.3. The van der Waals surface area contributed by atoms with Crippen LogP contribution < -0.4 is 4.74 Å². The number of hydrazone groups is 1. The fourth-order valence-electron chi connectivity index (χ4n) is 2.86. The molecule has 0 bridgehead atoms. The van der Waals surface area contributed by atoms with Gasteiger partial charge in [0.15, 0.2) is 0 Å². The Morgan fingerprint density at radius 1 is 0.897 bits per heavy atom. The van der Waals surface area contributed by atoms with Crippen molar-refractivity contribution in [3.63, 3.8) is 0 Å². The number of amides is 2. The molecule has 0 unspecified atom stereocenters. The summed E-state index contributed by atoms with van der Waals surface area (Å²) in [5.41, 5.74) is 2.53. The van der Waals surface area contributed by atoms with Gasteiger partial charge in [-0.2, -0.15) is 10.1 Å². The lowest BCUT2D eigenvalue weighted by Crippen LogP contribution is -2.23. The molecule has 1 aliphatic rings. The van der Waals surface area contributed by atoms with Gasteiger partial charge in [0.25, 0.3) is 11.8 Å². The van der Waals surface area contributed by atoms with Gasteiger partial charge in [-0.05, 0) is 54.1 Å². The summed E-state index contributed by atoms with van der Waals surface area (Å²) in [6.45, 7) is 0.427. The molecule has 3 aromatic carbocycles. The molecular weight excluding hydrogens is 500 g/mol. The minimum Gasteiger partial charge on any atom is -0.489 e. The number of halogens is 2. The number of rotatable bonds is 5. The van der Waals surface area contributed by atoms with Crippen LogP contribution in [0.25, 0.3) is 0 Å². The largest absolute Gasteiger partial charge is 0.489 e. The molecule has 0 saturated heterocycles. The van der Waals surface area contributed by atoms with Crippen LogP contribution in [0.1, 0.15) is 31.8 Å². The van der Waals surface area contributed by atoms with E-state index < -0.39 is 11.8 Å². The zero-order chi connectivity index (χ0) is 20.4.